The molecular weight excluding hydrogens is 376 g/mol. The van der Waals surface area contributed by atoms with Crippen LogP contribution < -0.4 is 0 Å². The topological polar surface area (TPSA) is 66.9 Å². The highest BCUT2D eigenvalue weighted by Gasteiger charge is 2.41. The van der Waals surface area contributed by atoms with E-state index in [0.29, 0.717) is 18.7 Å². The van der Waals surface area contributed by atoms with Crippen LogP contribution in [0.15, 0.2) is 53.4 Å². The summed E-state index contributed by atoms with van der Waals surface area (Å²) in [5, 5.41) is 0. The first-order valence-electron chi connectivity index (χ1n) is 9.41. The number of benzene rings is 2. The van der Waals surface area contributed by atoms with E-state index in [1.807, 2.05) is 32.0 Å². The zero-order valence-electron chi connectivity index (χ0n) is 16.0. The number of carbonyl (C=O) groups is 1. The van der Waals surface area contributed by atoms with Gasteiger partial charge in [0.2, 0.25) is 10.0 Å². The molecule has 2 fully saturated rings. The van der Waals surface area contributed by atoms with Crippen molar-refractivity contribution in [3.8, 4) is 0 Å². The Morgan fingerprint density at radius 2 is 1.50 bits per heavy atom. The van der Waals surface area contributed by atoms with E-state index in [9.17, 15) is 13.2 Å². The van der Waals surface area contributed by atoms with Crippen LogP contribution in [0.2, 0.25) is 0 Å². The first kappa shape index (κ1) is 19.1. The van der Waals surface area contributed by atoms with Gasteiger partial charge in [-0.3, -0.25) is 4.79 Å². The fourth-order valence-electron chi connectivity index (χ4n) is 4.04. The SMILES string of the molecule is Cc1cc(C)cc(C(=O)N2C[C@@H]3CN(S(=O)(=O)c4ccccc4)C[C@H](C2)O3)c1. The molecule has 2 aromatic carbocycles. The Kier molecular flexibility index (Phi) is 4.99. The number of ether oxygens (including phenoxy) is 1. The lowest BCUT2D eigenvalue weighted by atomic mass is 10.0. The first-order chi connectivity index (χ1) is 13.3. The number of morpholine rings is 2. The van der Waals surface area contributed by atoms with Crippen molar-refractivity contribution in [1.82, 2.24) is 9.21 Å². The molecule has 2 aromatic rings. The highest BCUT2D eigenvalue weighted by Crippen LogP contribution is 2.26. The second-order valence-electron chi connectivity index (χ2n) is 7.60. The molecule has 0 saturated carbocycles. The van der Waals surface area contributed by atoms with Crippen molar-refractivity contribution in [3.63, 3.8) is 0 Å². The lowest BCUT2D eigenvalue weighted by Crippen LogP contribution is -2.61. The van der Waals surface area contributed by atoms with Crippen LogP contribution in [-0.4, -0.2) is 61.9 Å². The Balaban J connectivity index is 1.50. The van der Waals surface area contributed by atoms with Crippen molar-refractivity contribution in [3.05, 3.63) is 65.2 Å². The van der Waals surface area contributed by atoms with E-state index in [1.54, 1.807) is 35.2 Å². The summed E-state index contributed by atoms with van der Waals surface area (Å²) in [4.78, 5) is 15.1. The molecule has 0 unspecified atom stereocenters. The summed E-state index contributed by atoms with van der Waals surface area (Å²) < 4.78 is 33.3. The minimum Gasteiger partial charge on any atom is -0.369 e. The molecule has 0 aromatic heterocycles. The maximum atomic E-state index is 13.0. The maximum absolute atomic E-state index is 13.0. The fraction of sp³-hybridized carbons (Fsp3) is 0.381. The number of hydrogen-bond donors (Lipinski definition) is 0. The smallest absolute Gasteiger partial charge is 0.254 e. The predicted octanol–water partition coefficient (Wildman–Crippen LogP) is 2.22. The summed E-state index contributed by atoms with van der Waals surface area (Å²) in [6.07, 6.45) is -0.637. The van der Waals surface area contributed by atoms with Gasteiger partial charge in [-0.15, -0.1) is 0 Å². The molecular formula is C21H24N2O4S. The van der Waals surface area contributed by atoms with Gasteiger partial charge >= 0.3 is 0 Å². The maximum Gasteiger partial charge on any atom is 0.254 e. The third kappa shape index (κ3) is 3.70. The summed E-state index contributed by atoms with van der Waals surface area (Å²) >= 11 is 0. The van der Waals surface area contributed by atoms with Crippen LogP contribution in [0.4, 0.5) is 0 Å². The summed E-state index contributed by atoms with van der Waals surface area (Å²) in [6.45, 7) is 5.25. The molecule has 2 atom stereocenters. The van der Waals surface area contributed by atoms with E-state index >= 15 is 0 Å². The van der Waals surface area contributed by atoms with Gasteiger partial charge in [-0.05, 0) is 38.1 Å². The predicted molar refractivity (Wildman–Crippen MR) is 106 cm³/mol. The Labute approximate surface area is 165 Å². The van der Waals surface area contributed by atoms with E-state index in [2.05, 4.69) is 0 Å². The summed E-state index contributed by atoms with van der Waals surface area (Å²) in [5.41, 5.74) is 2.78. The van der Waals surface area contributed by atoms with Gasteiger partial charge in [0.25, 0.3) is 5.91 Å². The van der Waals surface area contributed by atoms with Crippen molar-refractivity contribution in [2.24, 2.45) is 0 Å². The molecule has 0 N–H and O–H groups in total. The molecule has 0 spiro atoms. The van der Waals surface area contributed by atoms with Crippen molar-refractivity contribution in [2.75, 3.05) is 26.2 Å². The van der Waals surface area contributed by atoms with Crippen LogP contribution in [0, 0.1) is 13.8 Å². The molecule has 0 radical (unpaired) electrons. The van der Waals surface area contributed by atoms with Crippen LogP contribution in [-0.2, 0) is 14.8 Å². The van der Waals surface area contributed by atoms with E-state index in [-0.39, 0.29) is 36.1 Å². The van der Waals surface area contributed by atoms with Gasteiger partial charge in [-0.2, -0.15) is 4.31 Å². The zero-order valence-corrected chi connectivity index (χ0v) is 16.9. The van der Waals surface area contributed by atoms with Gasteiger partial charge in [0.15, 0.2) is 0 Å². The second kappa shape index (κ2) is 7.31. The van der Waals surface area contributed by atoms with Crippen LogP contribution in [0.1, 0.15) is 21.5 Å². The number of carbonyl (C=O) groups excluding carboxylic acids is 1. The molecule has 1 amide bonds. The summed E-state index contributed by atoms with van der Waals surface area (Å²) in [6, 6.07) is 14.3. The number of fused-ring (bicyclic) bond motifs is 2. The van der Waals surface area contributed by atoms with Gasteiger partial charge < -0.3 is 9.64 Å². The normalized spacial score (nSPS) is 22.9. The number of sulfonamides is 1. The Hall–Kier alpha value is -2.22. The van der Waals surface area contributed by atoms with Crippen molar-refractivity contribution < 1.29 is 17.9 Å². The average Bonchev–Trinajstić information content (AvgIpc) is 2.66. The third-order valence-corrected chi connectivity index (χ3v) is 7.03. The quantitative estimate of drug-likeness (QED) is 0.792. The molecule has 28 heavy (non-hydrogen) atoms. The standard InChI is InChI=1S/C21H24N2O4S/c1-15-8-16(2)10-17(9-15)21(24)22-11-18-13-23(14-19(12-22)27-18)28(25,26)20-6-4-3-5-7-20/h3-10,18-19H,11-14H2,1-2H3/t18-,19+. The third-order valence-electron chi connectivity index (χ3n) is 5.18. The molecule has 0 aliphatic carbocycles. The average molecular weight is 401 g/mol. The highest BCUT2D eigenvalue weighted by molar-refractivity contribution is 7.89. The largest absolute Gasteiger partial charge is 0.369 e. The van der Waals surface area contributed by atoms with Gasteiger partial charge in [0.05, 0.1) is 17.1 Å². The Morgan fingerprint density at radius 1 is 0.929 bits per heavy atom. The van der Waals surface area contributed by atoms with E-state index in [1.165, 1.54) is 4.31 Å². The van der Waals surface area contributed by atoms with Crippen molar-refractivity contribution >= 4 is 15.9 Å². The van der Waals surface area contributed by atoms with E-state index < -0.39 is 10.0 Å². The summed E-state index contributed by atoms with van der Waals surface area (Å²) in [7, 11) is -3.56. The van der Waals surface area contributed by atoms with Crippen molar-refractivity contribution in [1.29, 1.82) is 0 Å². The zero-order chi connectivity index (χ0) is 19.9. The summed E-state index contributed by atoms with van der Waals surface area (Å²) in [5.74, 6) is -0.0236. The first-order valence-corrected chi connectivity index (χ1v) is 10.8. The lowest BCUT2D eigenvalue weighted by molar-refractivity contribution is -0.113. The highest BCUT2D eigenvalue weighted by atomic mass is 32.2. The van der Waals surface area contributed by atoms with Gasteiger partial charge in [0.1, 0.15) is 0 Å². The molecule has 2 aliphatic heterocycles. The Morgan fingerprint density at radius 3 is 2.07 bits per heavy atom. The van der Waals surface area contributed by atoms with E-state index in [0.717, 1.165) is 11.1 Å². The van der Waals surface area contributed by atoms with Crippen LogP contribution in [0.3, 0.4) is 0 Å². The number of amides is 1. The molecule has 2 bridgehead atoms. The van der Waals surface area contributed by atoms with Crippen LogP contribution in [0.5, 0.6) is 0 Å². The molecule has 148 valence electrons. The van der Waals surface area contributed by atoms with Crippen LogP contribution >= 0.6 is 0 Å². The molecule has 2 aliphatic rings. The monoisotopic (exact) mass is 400 g/mol. The lowest BCUT2D eigenvalue weighted by Gasteiger charge is -2.45. The van der Waals surface area contributed by atoms with Crippen molar-refractivity contribution in [2.45, 2.75) is 31.0 Å². The van der Waals surface area contributed by atoms with Gasteiger partial charge in [0, 0.05) is 31.7 Å². The molecule has 2 saturated heterocycles. The number of rotatable bonds is 3. The Bertz CT molecular complexity index is 956. The van der Waals surface area contributed by atoms with E-state index in [4.69, 9.17) is 4.74 Å². The molecule has 4 rings (SSSR count). The minimum absolute atomic E-state index is 0.0236. The second-order valence-corrected chi connectivity index (χ2v) is 9.54. The van der Waals surface area contributed by atoms with Gasteiger partial charge in [-0.1, -0.05) is 35.4 Å². The van der Waals surface area contributed by atoms with Gasteiger partial charge in [-0.25, -0.2) is 8.42 Å². The van der Waals surface area contributed by atoms with Crippen LogP contribution in [0.25, 0.3) is 0 Å². The number of nitrogens with zero attached hydrogens (tertiary/aromatic N) is 2. The minimum atomic E-state index is -3.56. The molecule has 6 nitrogen and oxygen atoms in total. The number of aryl methyl sites for hydroxylation is 2. The fourth-order valence-corrected chi connectivity index (χ4v) is 5.56. The number of hydrogen-bond acceptors (Lipinski definition) is 4. The molecule has 7 heteroatoms. The molecule has 2 heterocycles.